The van der Waals surface area contributed by atoms with Crippen LogP contribution in [-0.2, 0) is 13.6 Å². The molecule has 0 aliphatic rings. The van der Waals surface area contributed by atoms with Crippen LogP contribution in [0.5, 0.6) is 0 Å². The van der Waals surface area contributed by atoms with Crippen molar-refractivity contribution >= 4 is 0 Å². The summed E-state index contributed by atoms with van der Waals surface area (Å²) in [5.41, 5.74) is 0. The average Bonchev–Trinajstić information content (AvgIpc) is 2.62. The Morgan fingerprint density at radius 3 is 2.88 bits per heavy atom. The predicted molar refractivity (Wildman–Crippen MR) is 67.3 cm³/mol. The largest absolute Gasteiger partial charge is 0.337 e. The molecule has 0 radical (unpaired) electrons. The molecule has 0 saturated carbocycles. The van der Waals surface area contributed by atoms with Crippen LogP contribution in [0.2, 0.25) is 0 Å². The molecule has 0 aliphatic heterocycles. The molecule has 0 bridgehead atoms. The second-order valence-electron chi connectivity index (χ2n) is 4.44. The molecule has 1 atom stereocenters. The van der Waals surface area contributed by atoms with Crippen LogP contribution in [0.4, 0.5) is 0 Å². The summed E-state index contributed by atoms with van der Waals surface area (Å²) in [7, 11) is 4.19. The zero-order chi connectivity index (χ0) is 12.0. The molecule has 0 fully saturated rings. The summed E-state index contributed by atoms with van der Waals surface area (Å²) in [6.07, 6.45) is 5.02. The lowest BCUT2D eigenvalue weighted by Crippen LogP contribution is -2.30. The van der Waals surface area contributed by atoms with E-state index in [-0.39, 0.29) is 0 Å². The van der Waals surface area contributed by atoms with Gasteiger partial charge in [-0.1, -0.05) is 6.92 Å². The van der Waals surface area contributed by atoms with Crippen molar-refractivity contribution < 1.29 is 0 Å². The topological polar surface area (TPSA) is 33.1 Å². The third-order valence-electron chi connectivity index (χ3n) is 2.83. The quantitative estimate of drug-likeness (QED) is 0.756. The lowest BCUT2D eigenvalue weighted by Gasteiger charge is -2.19. The maximum absolute atomic E-state index is 4.32. The predicted octanol–water partition coefficient (Wildman–Crippen LogP) is 1.24. The molecular formula is C12H24N4. The van der Waals surface area contributed by atoms with Crippen molar-refractivity contribution in [1.82, 2.24) is 19.8 Å². The fourth-order valence-electron chi connectivity index (χ4n) is 1.73. The van der Waals surface area contributed by atoms with Crippen LogP contribution in [-0.4, -0.2) is 40.6 Å². The SMILES string of the molecule is CCNC(C)CCN(C)Cc1nccn1C. The highest BCUT2D eigenvalue weighted by Crippen LogP contribution is 2.01. The minimum absolute atomic E-state index is 0.592. The van der Waals surface area contributed by atoms with Crippen LogP contribution in [0.1, 0.15) is 26.1 Å². The molecule has 16 heavy (non-hydrogen) atoms. The second-order valence-corrected chi connectivity index (χ2v) is 4.44. The fourth-order valence-corrected chi connectivity index (χ4v) is 1.73. The zero-order valence-corrected chi connectivity index (χ0v) is 10.9. The molecule has 0 spiro atoms. The van der Waals surface area contributed by atoms with E-state index in [2.05, 4.69) is 40.7 Å². The highest BCUT2D eigenvalue weighted by Gasteiger charge is 2.06. The van der Waals surface area contributed by atoms with Crippen molar-refractivity contribution in [2.24, 2.45) is 7.05 Å². The van der Waals surface area contributed by atoms with Gasteiger partial charge in [0.1, 0.15) is 5.82 Å². The molecule has 0 saturated heterocycles. The summed E-state index contributed by atoms with van der Waals surface area (Å²) < 4.78 is 2.07. The molecule has 4 nitrogen and oxygen atoms in total. The summed E-state index contributed by atoms with van der Waals surface area (Å²) in [4.78, 5) is 6.64. The molecule has 1 unspecified atom stereocenters. The molecule has 92 valence electrons. The van der Waals surface area contributed by atoms with Gasteiger partial charge in [0.05, 0.1) is 6.54 Å². The summed E-state index contributed by atoms with van der Waals surface area (Å²) in [5.74, 6) is 1.12. The molecule has 0 aromatic carbocycles. The van der Waals surface area contributed by atoms with E-state index in [1.807, 2.05) is 19.4 Å². The van der Waals surface area contributed by atoms with E-state index in [1.54, 1.807) is 0 Å². The van der Waals surface area contributed by atoms with Crippen LogP contribution < -0.4 is 5.32 Å². The van der Waals surface area contributed by atoms with Crippen LogP contribution in [0.15, 0.2) is 12.4 Å². The van der Waals surface area contributed by atoms with Gasteiger partial charge < -0.3 is 9.88 Å². The minimum Gasteiger partial charge on any atom is -0.337 e. The van der Waals surface area contributed by atoms with E-state index in [9.17, 15) is 0 Å². The van der Waals surface area contributed by atoms with Crippen molar-refractivity contribution in [3.63, 3.8) is 0 Å². The highest BCUT2D eigenvalue weighted by molar-refractivity contribution is 4.90. The van der Waals surface area contributed by atoms with Gasteiger partial charge in [0.15, 0.2) is 0 Å². The third kappa shape index (κ3) is 4.33. The van der Waals surface area contributed by atoms with E-state index in [0.29, 0.717) is 6.04 Å². The molecular weight excluding hydrogens is 200 g/mol. The van der Waals surface area contributed by atoms with Crippen molar-refractivity contribution in [3.05, 3.63) is 18.2 Å². The standard InChI is InChI=1S/C12H24N4/c1-5-13-11(2)6-8-15(3)10-12-14-7-9-16(12)4/h7,9,11,13H,5-6,8,10H2,1-4H3. The molecule has 0 aliphatic carbocycles. The maximum Gasteiger partial charge on any atom is 0.122 e. The molecule has 4 heteroatoms. The van der Waals surface area contributed by atoms with E-state index in [0.717, 1.165) is 25.5 Å². The number of hydrogen-bond acceptors (Lipinski definition) is 3. The van der Waals surface area contributed by atoms with Gasteiger partial charge in [-0.25, -0.2) is 4.98 Å². The van der Waals surface area contributed by atoms with Crippen LogP contribution in [0, 0.1) is 0 Å². The number of nitrogens with one attached hydrogen (secondary N) is 1. The lowest BCUT2D eigenvalue weighted by molar-refractivity contribution is 0.295. The number of hydrogen-bond donors (Lipinski definition) is 1. The van der Waals surface area contributed by atoms with Gasteiger partial charge in [-0.2, -0.15) is 0 Å². The Labute approximate surface area is 98.7 Å². The Hall–Kier alpha value is -0.870. The zero-order valence-electron chi connectivity index (χ0n) is 10.9. The summed E-state index contributed by atoms with van der Waals surface area (Å²) in [6.45, 7) is 7.44. The van der Waals surface area contributed by atoms with E-state index < -0.39 is 0 Å². The first-order chi connectivity index (χ1) is 7.63. The molecule has 0 amide bonds. The van der Waals surface area contributed by atoms with Gasteiger partial charge in [-0.15, -0.1) is 0 Å². The van der Waals surface area contributed by atoms with Gasteiger partial charge in [-0.3, -0.25) is 4.90 Å². The first-order valence-corrected chi connectivity index (χ1v) is 6.01. The average molecular weight is 224 g/mol. The fraction of sp³-hybridized carbons (Fsp3) is 0.750. The van der Waals surface area contributed by atoms with Gasteiger partial charge in [0.25, 0.3) is 0 Å². The van der Waals surface area contributed by atoms with Crippen LogP contribution in [0.25, 0.3) is 0 Å². The smallest absolute Gasteiger partial charge is 0.122 e. The Bertz CT molecular complexity index is 295. The van der Waals surface area contributed by atoms with Crippen molar-refractivity contribution in [1.29, 1.82) is 0 Å². The summed E-state index contributed by atoms with van der Waals surface area (Å²) >= 11 is 0. The molecule has 1 rings (SSSR count). The minimum atomic E-state index is 0.592. The number of rotatable bonds is 7. The van der Waals surface area contributed by atoms with Gasteiger partial charge >= 0.3 is 0 Å². The Morgan fingerprint density at radius 2 is 2.31 bits per heavy atom. The van der Waals surface area contributed by atoms with Gasteiger partial charge in [-0.05, 0) is 33.5 Å². The number of aryl methyl sites for hydroxylation is 1. The van der Waals surface area contributed by atoms with Crippen molar-refractivity contribution in [2.45, 2.75) is 32.9 Å². The van der Waals surface area contributed by atoms with Gasteiger partial charge in [0.2, 0.25) is 0 Å². The Kier molecular flexibility index (Phi) is 5.49. The molecule has 1 N–H and O–H groups in total. The van der Waals surface area contributed by atoms with Crippen molar-refractivity contribution in [3.8, 4) is 0 Å². The Balaban J connectivity index is 2.26. The third-order valence-corrected chi connectivity index (χ3v) is 2.83. The number of imidazole rings is 1. The first-order valence-electron chi connectivity index (χ1n) is 6.01. The monoisotopic (exact) mass is 224 g/mol. The lowest BCUT2D eigenvalue weighted by atomic mass is 10.2. The first kappa shape index (κ1) is 13.2. The van der Waals surface area contributed by atoms with E-state index in [1.165, 1.54) is 6.42 Å². The molecule has 1 aromatic rings. The second kappa shape index (κ2) is 6.66. The summed E-state index contributed by atoms with van der Waals surface area (Å²) in [6, 6.07) is 0.592. The molecule has 1 aromatic heterocycles. The van der Waals surface area contributed by atoms with Crippen LogP contribution >= 0.6 is 0 Å². The summed E-state index contributed by atoms with van der Waals surface area (Å²) in [5, 5.41) is 3.42. The molecule has 1 heterocycles. The number of nitrogens with zero attached hydrogens (tertiary/aromatic N) is 3. The van der Waals surface area contributed by atoms with E-state index in [4.69, 9.17) is 0 Å². The van der Waals surface area contributed by atoms with E-state index >= 15 is 0 Å². The number of aromatic nitrogens is 2. The van der Waals surface area contributed by atoms with Gasteiger partial charge in [0, 0.05) is 25.5 Å². The normalized spacial score (nSPS) is 13.3. The van der Waals surface area contributed by atoms with Crippen LogP contribution in [0.3, 0.4) is 0 Å². The highest BCUT2D eigenvalue weighted by atomic mass is 15.1. The maximum atomic E-state index is 4.32. The van der Waals surface area contributed by atoms with Crippen molar-refractivity contribution in [2.75, 3.05) is 20.1 Å². The Morgan fingerprint density at radius 1 is 1.56 bits per heavy atom.